The van der Waals surface area contributed by atoms with E-state index in [2.05, 4.69) is 21.3 Å². The second-order valence-electron chi connectivity index (χ2n) is 10.6. The first-order valence-corrected chi connectivity index (χ1v) is 13.1. The zero-order valence-corrected chi connectivity index (χ0v) is 20.9. The van der Waals surface area contributed by atoms with Gasteiger partial charge in [-0.3, -0.25) is 14.9 Å². The van der Waals surface area contributed by atoms with Crippen LogP contribution in [0.4, 0.5) is 13.2 Å². The molecule has 0 aromatic rings. The van der Waals surface area contributed by atoms with Gasteiger partial charge < -0.3 is 30.5 Å². The molecule has 6 unspecified atom stereocenters. The van der Waals surface area contributed by atoms with Crippen LogP contribution in [-0.2, 0) is 19.1 Å². The van der Waals surface area contributed by atoms with Gasteiger partial charge in [-0.05, 0) is 44.9 Å². The molecule has 0 aromatic carbocycles. The molecule has 6 atom stereocenters. The van der Waals surface area contributed by atoms with E-state index in [-0.39, 0.29) is 44.7 Å². The number of alkyl halides is 4. The van der Waals surface area contributed by atoms with Crippen LogP contribution in [0, 0.1) is 0 Å². The van der Waals surface area contributed by atoms with E-state index in [0.717, 1.165) is 0 Å². The number of aliphatic hydroxyl groups excluding tert-OH is 1. The van der Waals surface area contributed by atoms with Crippen molar-refractivity contribution in [3.05, 3.63) is 0 Å². The molecule has 4 aliphatic carbocycles. The highest BCUT2D eigenvalue weighted by atomic mass is 35.5. The fourth-order valence-electron chi connectivity index (χ4n) is 5.83. The molecule has 0 radical (unpaired) electrons. The highest BCUT2D eigenvalue weighted by Crippen LogP contribution is 2.47. The molecule has 9 nitrogen and oxygen atoms in total. The number of hydrogen-bond donors (Lipinski definition) is 5. The number of fused-ring (bicyclic) bond motifs is 3. The minimum atomic E-state index is -2.48. The summed E-state index contributed by atoms with van der Waals surface area (Å²) in [5, 5.41) is 21.8. The number of ether oxygens (including phenoxy) is 2. The summed E-state index contributed by atoms with van der Waals surface area (Å²) in [7, 11) is 0. The van der Waals surface area contributed by atoms with E-state index in [1.54, 1.807) is 0 Å². The summed E-state index contributed by atoms with van der Waals surface area (Å²) in [6.07, 6.45) is -1.61. The Morgan fingerprint density at radius 1 is 1.03 bits per heavy atom. The van der Waals surface area contributed by atoms with Crippen LogP contribution in [-0.4, -0.2) is 96.8 Å². The molecular formula is C23H36ClF3N4O5. The van der Waals surface area contributed by atoms with Crippen molar-refractivity contribution in [1.82, 2.24) is 21.3 Å². The molecule has 5 N–H and O–H groups in total. The standard InChI is InChI=1S/C23H36ClF3N4O5/c24-14-2-1-13(7-15(14)25)35-11-18(33)30-22-3-5-23(6-4-22,17(32)8-22)31-19(34)12-36-20-10-28-16(9-29-20)21(26)27/h13-17,20-21,28-29,32H,1-12H2,(H,30,33)(H,31,34). The number of nitrogens with one attached hydrogen (secondary N) is 4. The molecule has 2 amide bonds. The van der Waals surface area contributed by atoms with Crippen LogP contribution in [0.1, 0.15) is 51.4 Å². The van der Waals surface area contributed by atoms with Crippen molar-refractivity contribution in [2.24, 2.45) is 0 Å². The van der Waals surface area contributed by atoms with Gasteiger partial charge in [0.25, 0.3) is 6.43 Å². The Morgan fingerprint density at radius 3 is 2.33 bits per heavy atom. The van der Waals surface area contributed by atoms with Crippen molar-refractivity contribution >= 4 is 23.4 Å². The van der Waals surface area contributed by atoms with E-state index in [0.29, 0.717) is 44.9 Å². The van der Waals surface area contributed by atoms with Crippen LogP contribution in [0.2, 0.25) is 0 Å². The van der Waals surface area contributed by atoms with Crippen LogP contribution < -0.4 is 21.3 Å². The third-order valence-corrected chi connectivity index (χ3v) is 8.55. The van der Waals surface area contributed by atoms with Crippen molar-refractivity contribution in [1.29, 1.82) is 0 Å². The molecule has 5 fully saturated rings. The van der Waals surface area contributed by atoms with E-state index in [1.807, 2.05) is 0 Å². The van der Waals surface area contributed by atoms with E-state index in [4.69, 9.17) is 21.1 Å². The van der Waals surface area contributed by atoms with Gasteiger partial charge in [-0.2, -0.15) is 0 Å². The predicted octanol–water partition coefficient (Wildman–Crippen LogP) is 0.719. The van der Waals surface area contributed by atoms with Gasteiger partial charge in [0.05, 0.1) is 29.2 Å². The molecule has 13 heteroatoms. The minimum Gasteiger partial charge on any atom is -0.391 e. The third kappa shape index (κ3) is 6.63. The first kappa shape index (κ1) is 27.8. The van der Waals surface area contributed by atoms with E-state index < -0.39 is 53.3 Å². The maximum atomic E-state index is 13.8. The van der Waals surface area contributed by atoms with Gasteiger partial charge in [-0.25, -0.2) is 13.2 Å². The topological polar surface area (TPSA) is 121 Å². The molecule has 36 heavy (non-hydrogen) atoms. The molecule has 5 rings (SSSR count). The average Bonchev–Trinajstić information content (AvgIpc) is 2.85. The van der Waals surface area contributed by atoms with E-state index >= 15 is 0 Å². The normalized spacial score (nSPS) is 40.7. The Bertz CT molecular complexity index is 781. The Labute approximate surface area is 213 Å². The number of rotatable bonds is 9. The zero-order valence-electron chi connectivity index (χ0n) is 20.1. The number of hydrogen-bond acceptors (Lipinski definition) is 7. The van der Waals surface area contributed by atoms with Crippen molar-refractivity contribution in [3.8, 4) is 0 Å². The van der Waals surface area contributed by atoms with Crippen LogP contribution >= 0.6 is 11.6 Å². The fourth-order valence-corrected chi connectivity index (χ4v) is 6.06. The Kier molecular flexibility index (Phi) is 9.04. The second kappa shape index (κ2) is 11.7. The summed E-state index contributed by atoms with van der Waals surface area (Å²) < 4.78 is 50.3. The Balaban J connectivity index is 1.19. The van der Waals surface area contributed by atoms with Gasteiger partial charge in [0.1, 0.15) is 25.6 Å². The van der Waals surface area contributed by atoms with Gasteiger partial charge >= 0.3 is 0 Å². The monoisotopic (exact) mass is 540 g/mol. The van der Waals surface area contributed by atoms with E-state index in [9.17, 15) is 27.9 Å². The van der Waals surface area contributed by atoms with Crippen LogP contribution in [0.15, 0.2) is 0 Å². The smallest absolute Gasteiger partial charge is 0.254 e. The summed E-state index contributed by atoms with van der Waals surface area (Å²) >= 11 is 5.89. The van der Waals surface area contributed by atoms with E-state index in [1.165, 1.54) is 0 Å². The molecule has 0 spiro atoms. The zero-order chi connectivity index (χ0) is 25.9. The molecule has 5 aliphatic rings. The maximum absolute atomic E-state index is 13.8. The molecular weight excluding hydrogens is 505 g/mol. The van der Waals surface area contributed by atoms with Crippen LogP contribution in [0.25, 0.3) is 0 Å². The lowest BCUT2D eigenvalue weighted by molar-refractivity contribution is -0.142. The number of carbonyl (C=O) groups is 2. The number of halogens is 4. The predicted molar refractivity (Wildman–Crippen MR) is 125 cm³/mol. The average molecular weight is 541 g/mol. The van der Waals surface area contributed by atoms with Gasteiger partial charge in [-0.1, -0.05) is 0 Å². The lowest BCUT2D eigenvalue weighted by atomic mass is 9.60. The number of carbonyl (C=O) groups excluding carboxylic acids is 2. The number of amides is 2. The first-order valence-electron chi connectivity index (χ1n) is 12.7. The third-order valence-electron chi connectivity index (χ3n) is 8.06. The van der Waals surface area contributed by atoms with Gasteiger partial charge in [-0.15, -0.1) is 11.6 Å². The summed E-state index contributed by atoms with van der Waals surface area (Å²) in [4.78, 5) is 25.1. The molecule has 2 bridgehead atoms. The van der Waals surface area contributed by atoms with Crippen molar-refractivity contribution in [2.45, 2.75) is 105 Å². The lowest BCUT2D eigenvalue weighted by Gasteiger charge is -2.56. The highest BCUT2D eigenvalue weighted by molar-refractivity contribution is 6.21. The first-order chi connectivity index (χ1) is 17.1. The van der Waals surface area contributed by atoms with Crippen molar-refractivity contribution < 1.29 is 37.3 Å². The molecule has 1 saturated heterocycles. The summed E-state index contributed by atoms with van der Waals surface area (Å²) in [5.74, 6) is -0.698. The van der Waals surface area contributed by atoms with Gasteiger partial charge in [0, 0.05) is 25.0 Å². The van der Waals surface area contributed by atoms with Crippen molar-refractivity contribution in [2.75, 3.05) is 26.3 Å². The SMILES string of the molecule is O=C(COC1CCC(Cl)C(F)C1)NC12CCC(NC(=O)COC3CNC(C(F)F)CN3)(CC1)C(O)C2. The van der Waals surface area contributed by atoms with Gasteiger partial charge in [0.2, 0.25) is 11.8 Å². The number of piperazine rings is 1. The fraction of sp³-hybridized carbons (Fsp3) is 0.913. The maximum Gasteiger partial charge on any atom is 0.254 e. The summed E-state index contributed by atoms with van der Waals surface area (Å²) in [5.41, 5.74) is -1.36. The lowest BCUT2D eigenvalue weighted by Crippen LogP contribution is -2.70. The van der Waals surface area contributed by atoms with Crippen LogP contribution in [0.5, 0.6) is 0 Å². The Hall–Kier alpha value is -1.18. The number of aliphatic hydroxyl groups is 1. The second-order valence-corrected chi connectivity index (χ2v) is 11.1. The highest BCUT2D eigenvalue weighted by Gasteiger charge is 2.55. The quantitative estimate of drug-likeness (QED) is 0.273. The summed E-state index contributed by atoms with van der Waals surface area (Å²) in [6.45, 7) is -0.248. The van der Waals surface area contributed by atoms with Crippen molar-refractivity contribution in [3.63, 3.8) is 0 Å². The molecule has 0 aromatic heterocycles. The van der Waals surface area contributed by atoms with Gasteiger partial charge in [0.15, 0.2) is 0 Å². The molecule has 1 heterocycles. The summed E-state index contributed by atoms with van der Waals surface area (Å²) in [6, 6.07) is -0.946. The largest absolute Gasteiger partial charge is 0.391 e. The van der Waals surface area contributed by atoms with Crippen LogP contribution in [0.3, 0.4) is 0 Å². The molecule has 206 valence electrons. The minimum absolute atomic E-state index is 0.0381. The Morgan fingerprint density at radius 2 is 1.72 bits per heavy atom. The molecule has 4 saturated carbocycles. The molecule has 1 aliphatic heterocycles.